The molecular formula is C23H24F2N4O3. The number of amides is 4. The summed E-state index contributed by atoms with van der Waals surface area (Å²) in [7, 11) is 0. The van der Waals surface area contributed by atoms with Crippen molar-refractivity contribution in [2.45, 2.75) is 38.1 Å². The highest BCUT2D eigenvalue weighted by Gasteiger charge is 2.48. The van der Waals surface area contributed by atoms with Gasteiger partial charge < -0.3 is 10.2 Å². The Morgan fingerprint density at radius 2 is 1.94 bits per heavy atom. The maximum absolute atomic E-state index is 14.3. The molecule has 32 heavy (non-hydrogen) atoms. The number of anilines is 1. The molecule has 0 spiro atoms. The normalized spacial score (nSPS) is 20.2. The predicted octanol–water partition coefficient (Wildman–Crippen LogP) is 2.69. The number of urea groups is 1. The van der Waals surface area contributed by atoms with Gasteiger partial charge >= 0.3 is 6.03 Å². The molecule has 0 aliphatic carbocycles. The molecule has 0 aromatic heterocycles. The minimum atomic E-state index is -1.15. The van der Waals surface area contributed by atoms with Crippen LogP contribution in [0, 0.1) is 11.6 Å². The van der Waals surface area contributed by atoms with Crippen molar-refractivity contribution in [3.8, 4) is 0 Å². The largest absolute Gasteiger partial charge is 0.360 e. The molecule has 1 saturated heterocycles. The highest BCUT2D eigenvalue weighted by molar-refractivity contribution is 6.07. The molecule has 2 aliphatic rings. The lowest BCUT2D eigenvalue weighted by molar-refractivity contribution is -0.138. The lowest BCUT2D eigenvalue weighted by atomic mass is 9.93. The van der Waals surface area contributed by atoms with Gasteiger partial charge in [-0.15, -0.1) is 0 Å². The second-order valence-electron chi connectivity index (χ2n) is 8.34. The molecular weight excluding hydrogens is 418 g/mol. The monoisotopic (exact) mass is 442 g/mol. The van der Waals surface area contributed by atoms with Gasteiger partial charge in [0, 0.05) is 12.6 Å². The van der Waals surface area contributed by atoms with Crippen molar-refractivity contribution in [3.63, 3.8) is 0 Å². The van der Waals surface area contributed by atoms with E-state index in [0.717, 1.165) is 11.6 Å². The maximum Gasteiger partial charge on any atom is 0.344 e. The summed E-state index contributed by atoms with van der Waals surface area (Å²) < 4.78 is 27.9. The molecule has 4 amide bonds. The number of benzene rings is 2. The van der Waals surface area contributed by atoms with Crippen LogP contribution in [0.1, 0.15) is 30.9 Å². The van der Waals surface area contributed by atoms with E-state index in [9.17, 15) is 23.2 Å². The van der Waals surface area contributed by atoms with Crippen LogP contribution in [-0.4, -0.2) is 41.5 Å². The molecule has 2 heterocycles. The smallest absolute Gasteiger partial charge is 0.344 e. The average molecular weight is 442 g/mol. The van der Waals surface area contributed by atoms with Crippen molar-refractivity contribution < 1.29 is 23.2 Å². The molecule has 2 aliphatic heterocycles. The van der Waals surface area contributed by atoms with E-state index < -0.39 is 35.0 Å². The van der Waals surface area contributed by atoms with Crippen molar-refractivity contribution in [3.05, 3.63) is 65.2 Å². The van der Waals surface area contributed by atoms with Crippen LogP contribution in [0.4, 0.5) is 19.3 Å². The predicted molar refractivity (Wildman–Crippen MR) is 114 cm³/mol. The van der Waals surface area contributed by atoms with Gasteiger partial charge in [-0.2, -0.15) is 5.01 Å². The molecule has 2 aromatic rings. The van der Waals surface area contributed by atoms with E-state index >= 15 is 0 Å². The van der Waals surface area contributed by atoms with Crippen LogP contribution in [0.15, 0.2) is 42.5 Å². The van der Waals surface area contributed by atoms with Crippen LogP contribution in [0.2, 0.25) is 0 Å². The van der Waals surface area contributed by atoms with Crippen molar-refractivity contribution >= 4 is 23.5 Å². The fourth-order valence-electron chi connectivity index (χ4n) is 4.22. The van der Waals surface area contributed by atoms with Crippen molar-refractivity contribution in [1.82, 2.24) is 15.8 Å². The Bertz CT molecular complexity index is 1060. The van der Waals surface area contributed by atoms with Gasteiger partial charge in [0.05, 0.1) is 12.2 Å². The zero-order valence-corrected chi connectivity index (χ0v) is 17.7. The number of aryl methyl sites for hydroxylation is 2. The summed E-state index contributed by atoms with van der Waals surface area (Å²) >= 11 is 0. The second-order valence-corrected chi connectivity index (χ2v) is 8.34. The van der Waals surface area contributed by atoms with E-state index in [4.69, 9.17) is 0 Å². The van der Waals surface area contributed by atoms with Crippen molar-refractivity contribution in [2.75, 3.05) is 18.0 Å². The van der Waals surface area contributed by atoms with Gasteiger partial charge in [-0.05, 0) is 49.8 Å². The Balaban J connectivity index is 1.41. The average Bonchev–Trinajstić information content (AvgIpc) is 2.96. The third-order valence-electron chi connectivity index (χ3n) is 5.89. The minimum Gasteiger partial charge on any atom is -0.360 e. The summed E-state index contributed by atoms with van der Waals surface area (Å²) in [5.41, 5.74) is 2.88. The zero-order valence-electron chi connectivity index (χ0n) is 17.7. The van der Waals surface area contributed by atoms with Gasteiger partial charge in [0.1, 0.15) is 17.2 Å². The molecule has 2 N–H and O–H groups in total. The van der Waals surface area contributed by atoms with Crippen LogP contribution in [-0.2, 0) is 22.4 Å². The first-order valence-corrected chi connectivity index (χ1v) is 10.5. The summed E-state index contributed by atoms with van der Waals surface area (Å²) in [5, 5.41) is 3.33. The van der Waals surface area contributed by atoms with Gasteiger partial charge in [0.25, 0.3) is 11.8 Å². The lowest BCUT2D eigenvalue weighted by Crippen LogP contribution is -2.51. The highest BCUT2D eigenvalue weighted by Crippen LogP contribution is 2.31. The number of imide groups is 1. The molecule has 1 unspecified atom stereocenters. The van der Waals surface area contributed by atoms with Gasteiger partial charge in [-0.1, -0.05) is 30.3 Å². The molecule has 1 fully saturated rings. The number of hydrogen-bond donors (Lipinski definition) is 2. The van der Waals surface area contributed by atoms with Crippen LogP contribution < -0.4 is 15.6 Å². The summed E-state index contributed by atoms with van der Waals surface area (Å²) in [6.07, 6.45) is 2.08. The topological polar surface area (TPSA) is 81.8 Å². The molecule has 4 rings (SSSR count). The first-order chi connectivity index (χ1) is 15.3. The fourth-order valence-corrected chi connectivity index (χ4v) is 4.22. The summed E-state index contributed by atoms with van der Waals surface area (Å²) in [6, 6.07) is 10.9. The lowest BCUT2D eigenvalue weighted by Gasteiger charge is -2.31. The first-order valence-electron chi connectivity index (χ1n) is 10.5. The van der Waals surface area contributed by atoms with E-state index in [1.54, 1.807) is 6.92 Å². The molecule has 0 bridgehead atoms. The number of halogens is 2. The van der Waals surface area contributed by atoms with Crippen LogP contribution >= 0.6 is 0 Å². The third kappa shape index (κ3) is 4.28. The summed E-state index contributed by atoms with van der Waals surface area (Å²) in [6.45, 7) is 1.75. The Morgan fingerprint density at radius 1 is 1.19 bits per heavy atom. The number of fused-ring (bicyclic) bond motifs is 1. The Labute approximate surface area is 184 Å². The Hall–Kier alpha value is -3.49. The van der Waals surface area contributed by atoms with E-state index in [-0.39, 0.29) is 12.2 Å². The molecule has 7 nitrogen and oxygen atoms in total. The zero-order chi connectivity index (χ0) is 22.9. The number of rotatable bonds is 6. The minimum absolute atomic E-state index is 0.178. The number of carbonyl (C=O) groups excluding carboxylic acids is 3. The van der Waals surface area contributed by atoms with Crippen LogP contribution in [0.3, 0.4) is 0 Å². The molecule has 9 heteroatoms. The fraction of sp³-hybridized carbons (Fsp3) is 0.348. The number of carbonyl (C=O) groups is 3. The van der Waals surface area contributed by atoms with E-state index in [2.05, 4.69) is 10.7 Å². The first kappa shape index (κ1) is 21.7. The maximum atomic E-state index is 14.3. The van der Waals surface area contributed by atoms with Crippen molar-refractivity contribution in [2.24, 2.45) is 0 Å². The second kappa shape index (κ2) is 8.57. The molecule has 1 atom stereocenters. The highest BCUT2D eigenvalue weighted by atomic mass is 19.1. The standard InChI is InChI=1S/C23H24F2N4O3/c1-23(10-9-15-6-3-2-4-7-15)21(31)29(22(32)26-23)27-19(30)14-28-11-5-8-16-12-17(24)13-18(25)20(16)28/h2-4,6-7,12-13H,5,8-11,14H2,1H3,(H,26,32)(H,27,30). The van der Waals surface area contributed by atoms with Gasteiger partial charge in [0.15, 0.2) is 0 Å². The number of hydrazine groups is 1. The molecule has 0 radical (unpaired) electrons. The molecule has 2 aromatic carbocycles. The Morgan fingerprint density at radius 3 is 2.69 bits per heavy atom. The van der Waals surface area contributed by atoms with Crippen LogP contribution in [0.5, 0.6) is 0 Å². The van der Waals surface area contributed by atoms with E-state index in [0.29, 0.717) is 42.8 Å². The molecule has 0 saturated carbocycles. The summed E-state index contributed by atoms with van der Waals surface area (Å²) in [5.74, 6) is -2.60. The van der Waals surface area contributed by atoms with E-state index in [1.807, 2.05) is 30.3 Å². The van der Waals surface area contributed by atoms with E-state index in [1.165, 1.54) is 11.0 Å². The number of hydrogen-bond acceptors (Lipinski definition) is 4. The number of nitrogens with zero attached hydrogens (tertiary/aromatic N) is 2. The number of nitrogens with one attached hydrogen (secondary N) is 2. The van der Waals surface area contributed by atoms with Gasteiger partial charge in [0.2, 0.25) is 0 Å². The third-order valence-corrected chi connectivity index (χ3v) is 5.89. The van der Waals surface area contributed by atoms with Gasteiger partial charge in [-0.25, -0.2) is 13.6 Å². The molecule has 168 valence electrons. The van der Waals surface area contributed by atoms with Crippen LogP contribution in [0.25, 0.3) is 0 Å². The summed E-state index contributed by atoms with van der Waals surface area (Å²) in [4.78, 5) is 39.4. The van der Waals surface area contributed by atoms with Gasteiger partial charge in [-0.3, -0.25) is 15.0 Å². The van der Waals surface area contributed by atoms with Crippen molar-refractivity contribution in [1.29, 1.82) is 0 Å². The SMILES string of the molecule is CC1(CCc2ccccc2)NC(=O)N(NC(=O)CN2CCCc3cc(F)cc(F)c32)C1=O. The quantitative estimate of drug-likeness (QED) is 0.674. The Kier molecular flexibility index (Phi) is 5.82.